The third-order valence-electron chi connectivity index (χ3n) is 8.18. The van der Waals surface area contributed by atoms with Gasteiger partial charge in [0.05, 0.1) is 12.8 Å². The highest BCUT2D eigenvalue weighted by Crippen LogP contribution is 2.32. The number of nitrogens with one attached hydrogen (secondary N) is 2. The summed E-state index contributed by atoms with van der Waals surface area (Å²) in [5.74, 6) is 0.764. The summed E-state index contributed by atoms with van der Waals surface area (Å²) >= 11 is 0. The van der Waals surface area contributed by atoms with Crippen LogP contribution in [0.3, 0.4) is 0 Å². The second kappa shape index (κ2) is 13.0. The van der Waals surface area contributed by atoms with Crippen LogP contribution in [0.15, 0.2) is 77.7 Å². The van der Waals surface area contributed by atoms with Crippen molar-refractivity contribution in [2.45, 2.75) is 50.0 Å². The van der Waals surface area contributed by atoms with E-state index in [0.717, 1.165) is 62.2 Å². The smallest absolute Gasteiger partial charge is 0.243 e. The highest BCUT2D eigenvalue weighted by atomic mass is 32.2. The van der Waals surface area contributed by atoms with Gasteiger partial charge in [-0.3, -0.25) is 4.79 Å². The van der Waals surface area contributed by atoms with Crippen LogP contribution in [0, 0.1) is 5.92 Å². The molecule has 5 rings (SSSR count). The lowest BCUT2D eigenvalue weighted by Gasteiger charge is -2.38. The molecule has 0 radical (unpaired) electrons. The first kappa shape index (κ1) is 29.0. The summed E-state index contributed by atoms with van der Waals surface area (Å²) in [6.45, 7) is 4.67. The number of anilines is 3. The molecule has 3 aromatic rings. The van der Waals surface area contributed by atoms with Crippen molar-refractivity contribution in [1.29, 1.82) is 0 Å². The number of nitrogens with zero attached hydrogens (tertiary/aromatic N) is 2. The Kier molecular flexibility index (Phi) is 9.15. The monoisotopic (exact) mass is 576 g/mol. The normalized spacial score (nSPS) is 17.2. The summed E-state index contributed by atoms with van der Waals surface area (Å²) in [4.78, 5) is 17.6. The zero-order chi connectivity index (χ0) is 28.8. The van der Waals surface area contributed by atoms with Crippen molar-refractivity contribution in [3.63, 3.8) is 0 Å². The second-order valence-corrected chi connectivity index (χ2v) is 12.6. The first-order valence-corrected chi connectivity index (χ1v) is 16.0. The van der Waals surface area contributed by atoms with E-state index in [1.165, 1.54) is 0 Å². The van der Waals surface area contributed by atoms with Gasteiger partial charge in [-0.2, -0.15) is 0 Å². The second-order valence-electron chi connectivity index (χ2n) is 10.9. The third kappa shape index (κ3) is 7.02. The molecule has 41 heavy (non-hydrogen) atoms. The summed E-state index contributed by atoms with van der Waals surface area (Å²) < 4.78 is 35.9. The van der Waals surface area contributed by atoms with Crippen LogP contribution in [0.25, 0.3) is 0 Å². The van der Waals surface area contributed by atoms with Crippen molar-refractivity contribution < 1.29 is 17.9 Å². The number of sulfonamides is 1. The molecule has 218 valence electrons. The van der Waals surface area contributed by atoms with Crippen LogP contribution in [0.4, 0.5) is 17.1 Å². The maximum absolute atomic E-state index is 13.9. The minimum Gasteiger partial charge on any atom is -0.497 e. The van der Waals surface area contributed by atoms with Crippen molar-refractivity contribution >= 4 is 33.0 Å². The fraction of sp³-hybridized carbons (Fsp3) is 0.406. The lowest BCUT2D eigenvalue weighted by atomic mass is 9.88. The highest BCUT2D eigenvalue weighted by molar-refractivity contribution is 7.89. The van der Waals surface area contributed by atoms with Crippen LogP contribution in [0.1, 0.15) is 50.6 Å². The van der Waals surface area contributed by atoms with Crippen LogP contribution in [-0.4, -0.2) is 47.6 Å². The Labute approximate surface area is 243 Å². The van der Waals surface area contributed by atoms with E-state index in [2.05, 4.69) is 19.8 Å². The number of carbonyl (C=O) groups excluding carboxylic acids is 1. The van der Waals surface area contributed by atoms with Crippen molar-refractivity contribution in [1.82, 2.24) is 4.72 Å². The number of ether oxygens (including phenoxy) is 1. The molecule has 1 amide bonds. The van der Waals surface area contributed by atoms with E-state index in [-0.39, 0.29) is 16.7 Å². The molecule has 3 aromatic carbocycles. The molecule has 2 fully saturated rings. The molecular formula is C32H40N4O4S. The molecule has 9 heteroatoms. The molecule has 1 atom stereocenters. The van der Waals surface area contributed by atoms with E-state index in [0.29, 0.717) is 24.5 Å². The zero-order valence-electron chi connectivity index (χ0n) is 23.9. The minimum absolute atomic E-state index is 0.0225. The Morgan fingerprint density at radius 2 is 1.54 bits per heavy atom. The molecule has 0 unspecified atom stereocenters. The molecule has 0 aromatic heterocycles. The van der Waals surface area contributed by atoms with Crippen LogP contribution >= 0.6 is 0 Å². The largest absolute Gasteiger partial charge is 0.497 e. The molecule has 0 bridgehead atoms. The predicted octanol–water partition coefficient (Wildman–Crippen LogP) is 5.58. The van der Waals surface area contributed by atoms with Crippen LogP contribution in [-0.2, 0) is 14.8 Å². The summed E-state index contributed by atoms with van der Waals surface area (Å²) in [5.41, 5.74) is 3.14. The lowest BCUT2D eigenvalue weighted by molar-refractivity contribution is -0.120. The van der Waals surface area contributed by atoms with E-state index in [9.17, 15) is 13.2 Å². The Bertz CT molecular complexity index is 1420. The van der Waals surface area contributed by atoms with Crippen molar-refractivity contribution in [3.05, 3.63) is 78.4 Å². The summed E-state index contributed by atoms with van der Waals surface area (Å²) in [6, 6.07) is 22.4. The van der Waals surface area contributed by atoms with Gasteiger partial charge in [0, 0.05) is 49.5 Å². The van der Waals surface area contributed by atoms with Gasteiger partial charge >= 0.3 is 0 Å². The first-order valence-electron chi connectivity index (χ1n) is 14.5. The number of amides is 1. The maximum Gasteiger partial charge on any atom is 0.243 e. The van der Waals surface area contributed by atoms with Gasteiger partial charge in [0.2, 0.25) is 15.9 Å². The number of methoxy groups -OCH3 is 1. The maximum atomic E-state index is 13.9. The van der Waals surface area contributed by atoms with Crippen molar-refractivity contribution in [2.24, 2.45) is 5.92 Å². The zero-order valence-corrected chi connectivity index (χ0v) is 24.7. The minimum atomic E-state index is -3.91. The summed E-state index contributed by atoms with van der Waals surface area (Å²) in [5, 5.41) is 3.01. The molecular weight excluding hydrogens is 536 g/mol. The topological polar surface area (TPSA) is 91.0 Å². The van der Waals surface area contributed by atoms with Crippen LogP contribution in [0.2, 0.25) is 0 Å². The number of benzene rings is 3. The van der Waals surface area contributed by atoms with E-state index in [4.69, 9.17) is 4.74 Å². The lowest BCUT2D eigenvalue weighted by Crippen LogP contribution is -2.47. The highest BCUT2D eigenvalue weighted by Gasteiger charge is 2.28. The molecule has 2 aliphatic rings. The van der Waals surface area contributed by atoms with Crippen LogP contribution < -0.4 is 24.6 Å². The Balaban J connectivity index is 1.38. The van der Waals surface area contributed by atoms with Gasteiger partial charge < -0.3 is 19.9 Å². The van der Waals surface area contributed by atoms with Gasteiger partial charge in [-0.15, -0.1) is 0 Å². The number of carbonyl (C=O) groups is 1. The average Bonchev–Trinajstić information content (AvgIpc) is 3.02. The van der Waals surface area contributed by atoms with Gasteiger partial charge in [-0.25, -0.2) is 13.1 Å². The molecule has 0 spiro atoms. The predicted molar refractivity (Wildman–Crippen MR) is 164 cm³/mol. The van der Waals surface area contributed by atoms with Crippen molar-refractivity contribution in [3.8, 4) is 5.75 Å². The van der Waals surface area contributed by atoms with Gasteiger partial charge in [-0.05, 0) is 67.8 Å². The van der Waals surface area contributed by atoms with E-state index in [1.54, 1.807) is 13.2 Å². The number of piperazine rings is 1. The quantitative estimate of drug-likeness (QED) is 0.346. The molecule has 1 heterocycles. The number of hydrogen-bond acceptors (Lipinski definition) is 6. The molecule has 8 nitrogen and oxygen atoms in total. The van der Waals surface area contributed by atoms with E-state index >= 15 is 0 Å². The Morgan fingerprint density at radius 3 is 2.20 bits per heavy atom. The number of rotatable bonds is 9. The molecule has 2 N–H and O–H groups in total. The summed E-state index contributed by atoms with van der Waals surface area (Å²) in [7, 11) is -2.26. The van der Waals surface area contributed by atoms with Gasteiger partial charge in [-0.1, -0.05) is 49.6 Å². The SMILES string of the molecule is COc1ccc(N2CCN(c3ccc(NC(=O)C4CCCCC4)cc3S(=O)(=O)N[C@H](C)c3ccccc3)CC2)cc1. The standard InChI is InChI=1S/C32H40N4O4S/c1-24(25-9-5-3-6-10-25)34-41(38,39)31-23-27(33-32(37)26-11-7-4-8-12-26)13-18-30(31)36-21-19-35(20-22-36)28-14-16-29(40-2)17-15-28/h3,5-6,9-10,13-18,23-24,26,34H,4,7-8,11-12,19-22H2,1-2H3,(H,33,37)/t24-/m1/s1. The molecule has 1 aliphatic carbocycles. The van der Waals surface area contributed by atoms with Crippen LogP contribution in [0.5, 0.6) is 5.75 Å². The van der Waals surface area contributed by atoms with E-state index < -0.39 is 16.1 Å². The Morgan fingerprint density at radius 1 is 0.878 bits per heavy atom. The average molecular weight is 577 g/mol. The molecule has 1 saturated heterocycles. The first-order chi connectivity index (χ1) is 19.8. The van der Waals surface area contributed by atoms with Gasteiger partial charge in [0.15, 0.2) is 0 Å². The summed E-state index contributed by atoms with van der Waals surface area (Å²) in [6.07, 6.45) is 5.03. The van der Waals surface area contributed by atoms with Gasteiger partial charge in [0.1, 0.15) is 10.6 Å². The van der Waals surface area contributed by atoms with E-state index in [1.807, 2.05) is 73.7 Å². The Hall–Kier alpha value is -3.56. The third-order valence-corrected chi connectivity index (χ3v) is 9.75. The molecule has 1 aliphatic heterocycles. The fourth-order valence-corrected chi connectivity index (χ4v) is 7.27. The molecule has 1 saturated carbocycles. The van der Waals surface area contributed by atoms with Gasteiger partial charge in [0.25, 0.3) is 0 Å². The fourth-order valence-electron chi connectivity index (χ4n) is 5.78. The number of hydrogen-bond donors (Lipinski definition) is 2. The van der Waals surface area contributed by atoms with Crippen molar-refractivity contribution in [2.75, 3.05) is 48.4 Å².